The van der Waals surface area contributed by atoms with Gasteiger partial charge in [0.15, 0.2) is 0 Å². The molecule has 0 heterocycles. The van der Waals surface area contributed by atoms with Gasteiger partial charge in [-0.3, -0.25) is 4.79 Å². The van der Waals surface area contributed by atoms with E-state index in [0.29, 0.717) is 6.42 Å². The van der Waals surface area contributed by atoms with Gasteiger partial charge in [0, 0.05) is 6.42 Å². The zero-order valence-electron chi connectivity index (χ0n) is 17.1. The van der Waals surface area contributed by atoms with Crippen LogP contribution in [-0.2, 0) is 4.79 Å². The van der Waals surface area contributed by atoms with Crippen LogP contribution in [0.5, 0.6) is 0 Å². The average molecular weight is 373 g/mol. The van der Waals surface area contributed by atoms with Gasteiger partial charge in [-0.15, -0.1) is 0 Å². The van der Waals surface area contributed by atoms with Crippen LogP contribution in [-0.4, -0.2) is 33.5 Å². The molecule has 0 aliphatic rings. The summed E-state index contributed by atoms with van der Waals surface area (Å²) in [5, 5.41) is 27.9. The van der Waals surface area contributed by atoms with Crippen LogP contribution in [0.2, 0.25) is 0 Å². The first-order chi connectivity index (χ1) is 12.6. The molecule has 4 nitrogen and oxygen atoms in total. The number of rotatable bonds is 20. The summed E-state index contributed by atoms with van der Waals surface area (Å²) in [7, 11) is 0. The quantitative estimate of drug-likeness (QED) is 0.235. The van der Waals surface area contributed by atoms with E-state index in [-0.39, 0.29) is 12.2 Å². The highest BCUT2D eigenvalue weighted by Gasteiger charge is 2.07. The predicted molar refractivity (Wildman–Crippen MR) is 108 cm³/mol. The topological polar surface area (TPSA) is 77.8 Å². The minimum atomic E-state index is -0.673. The van der Waals surface area contributed by atoms with Crippen LogP contribution >= 0.6 is 0 Å². The third-order valence-electron chi connectivity index (χ3n) is 5.23. The molecule has 0 spiro atoms. The van der Waals surface area contributed by atoms with E-state index < -0.39 is 5.97 Å². The van der Waals surface area contributed by atoms with Gasteiger partial charge < -0.3 is 15.3 Å². The molecular weight excluding hydrogens is 328 g/mol. The number of carbonyl (C=O) groups is 1. The van der Waals surface area contributed by atoms with Crippen molar-refractivity contribution in [2.45, 2.75) is 135 Å². The summed E-state index contributed by atoms with van der Waals surface area (Å²) in [6.45, 7) is 1.97. The van der Waals surface area contributed by atoms with E-state index in [2.05, 4.69) is 0 Å². The number of carboxylic acid groups (broad SMARTS) is 1. The van der Waals surface area contributed by atoms with Crippen LogP contribution in [0, 0.1) is 0 Å². The number of unbranched alkanes of at least 4 members (excludes halogenated alkanes) is 12. The van der Waals surface area contributed by atoms with Crippen LogP contribution in [0.15, 0.2) is 0 Å². The van der Waals surface area contributed by atoms with Gasteiger partial charge >= 0.3 is 5.97 Å². The van der Waals surface area contributed by atoms with Crippen molar-refractivity contribution < 1.29 is 20.1 Å². The Labute approximate surface area is 161 Å². The minimum absolute atomic E-state index is 0.236. The summed E-state index contributed by atoms with van der Waals surface area (Å²) in [5.74, 6) is -0.673. The van der Waals surface area contributed by atoms with E-state index in [4.69, 9.17) is 5.11 Å². The summed E-state index contributed by atoms with van der Waals surface area (Å²) in [6, 6.07) is 0. The molecule has 0 radical (unpaired) electrons. The van der Waals surface area contributed by atoms with Gasteiger partial charge in [0.25, 0.3) is 0 Å². The molecule has 0 aromatic heterocycles. The van der Waals surface area contributed by atoms with Crippen molar-refractivity contribution in [2.24, 2.45) is 0 Å². The highest BCUT2D eigenvalue weighted by Crippen LogP contribution is 2.15. The van der Waals surface area contributed by atoms with Crippen molar-refractivity contribution in [3.63, 3.8) is 0 Å². The Morgan fingerprint density at radius 2 is 1.00 bits per heavy atom. The van der Waals surface area contributed by atoms with Crippen LogP contribution < -0.4 is 0 Å². The maximum Gasteiger partial charge on any atom is 0.303 e. The summed E-state index contributed by atoms with van der Waals surface area (Å²) >= 11 is 0. The van der Waals surface area contributed by atoms with E-state index in [0.717, 1.165) is 44.9 Å². The van der Waals surface area contributed by atoms with E-state index >= 15 is 0 Å². The van der Waals surface area contributed by atoms with E-state index in [1.54, 1.807) is 0 Å². The molecule has 0 aromatic carbocycles. The summed E-state index contributed by atoms with van der Waals surface area (Å²) in [6.07, 6.45) is 18.7. The average Bonchev–Trinajstić information content (AvgIpc) is 2.62. The lowest BCUT2D eigenvalue weighted by atomic mass is 10.0. The molecule has 0 bridgehead atoms. The summed E-state index contributed by atoms with van der Waals surface area (Å²) in [5.41, 5.74) is 0. The first-order valence-corrected chi connectivity index (χ1v) is 11.1. The molecule has 0 amide bonds. The van der Waals surface area contributed by atoms with Gasteiger partial charge in [-0.05, 0) is 32.1 Å². The first-order valence-electron chi connectivity index (χ1n) is 11.1. The minimum Gasteiger partial charge on any atom is -0.481 e. The van der Waals surface area contributed by atoms with Gasteiger partial charge in [0.05, 0.1) is 12.2 Å². The second kappa shape index (κ2) is 19.2. The van der Waals surface area contributed by atoms with Gasteiger partial charge in [-0.2, -0.15) is 0 Å². The van der Waals surface area contributed by atoms with Crippen molar-refractivity contribution in [3.05, 3.63) is 0 Å². The lowest BCUT2D eigenvalue weighted by Gasteiger charge is -2.12. The summed E-state index contributed by atoms with van der Waals surface area (Å²) < 4.78 is 0. The van der Waals surface area contributed by atoms with Crippen LogP contribution in [0.3, 0.4) is 0 Å². The zero-order valence-corrected chi connectivity index (χ0v) is 17.1. The molecule has 0 aromatic rings. The van der Waals surface area contributed by atoms with Crippen LogP contribution in [0.1, 0.15) is 122 Å². The Hall–Kier alpha value is -0.610. The molecule has 0 aliphatic carbocycles. The largest absolute Gasteiger partial charge is 0.481 e. The van der Waals surface area contributed by atoms with Crippen molar-refractivity contribution in [1.29, 1.82) is 0 Å². The van der Waals surface area contributed by atoms with E-state index in [9.17, 15) is 15.0 Å². The van der Waals surface area contributed by atoms with Gasteiger partial charge in [-0.1, -0.05) is 84.0 Å². The van der Waals surface area contributed by atoms with Gasteiger partial charge in [0.1, 0.15) is 0 Å². The highest BCUT2D eigenvalue weighted by molar-refractivity contribution is 5.66. The van der Waals surface area contributed by atoms with Crippen LogP contribution in [0.25, 0.3) is 0 Å². The molecule has 0 rings (SSSR count). The second-order valence-electron chi connectivity index (χ2n) is 7.82. The molecule has 2 atom stereocenters. The normalized spacial score (nSPS) is 13.7. The maximum absolute atomic E-state index is 10.4. The van der Waals surface area contributed by atoms with Gasteiger partial charge in [-0.25, -0.2) is 0 Å². The fourth-order valence-corrected chi connectivity index (χ4v) is 3.33. The van der Waals surface area contributed by atoms with Crippen molar-refractivity contribution in [2.75, 3.05) is 0 Å². The molecule has 0 saturated carbocycles. The van der Waals surface area contributed by atoms with Crippen molar-refractivity contribution in [3.8, 4) is 0 Å². The Morgan fingerprint density at radius 1 is 0.615 bits per heavy atom. The maximum atomic E-state index is 10.4. The third kappa shape index (κ3) is 19.7. The SMILES string of the molecule is CCC(O)CCC(O)CCCCCCCCCCCCCCCC(=O)O. The van der Waals surface area contributed by atoms with Crippen molar-refractivity contribution in [1.82, 2.24) is 0 Å². The molecule has 0 saturated heterocycles. The Morgan fingerprint density at radius 3 is 1.42 bits per heavy atom. The van der Waals surface area contributed by atoms with Gasteiger partial charge in [0.2, 0.25) is 0 Å². The fourth-order valence-electron chi connectivity index (χ4n) is 3.33. The number of aliphatic hydroxyl groups excluding tert-OH is 2. The lowest BCUT2D eigenvalue weighted by Crippen LogP contribution is -2.12. The molecule has 4 heteroatoms. The highest BCUT2D eigenvalue weighted by atomic mass is 16.4. The first kappa shape index (κ1) is 25.4. The molecule has 156 valence electrons. The second-order valence-corrected chi connectivity index (χ2v) is 7.82. The zero-order chi connectivity index (χ0) is 19.5. The van der Waals surface area contributed by atoms with E-state index in [1.807, 2.05) is 6.92 Å². The number of aliphatic hydroxyl groups is 2. The number of carboxylic acids is 1. The van der Waals surface area contributed by atoms with E-state index in [1.165, 1.54) is 64.2 Å². The molecule has 0 fully saturated rings. The summed E-state index contributed by atoms with van der Waals surface area (Å²) in [4.78, 5) is 10.4. The smallest absolute Gasteiger partial charge is 0.303 e. The Bertz CT molecular complexity index is 307. The lowest BCUT2D eigenvalue weighted by molar-refractivity contribution is -0.137. The molecule has 0 aliphatic heterocycles. The number of aliphatic carboxylic acids is 1. The Kier molecular flexibility index (Phi) is 18.7. The molecule has 2 unspecified atom stereocenters. The molecule has 3 N–H and O–H groups in total. The van der Waals surface area contributed by atoms with Crippen LogP contribution in [0.4, 0.5) is 0 Å². The fraction of sp³-hybridized carbons (Fsp3) is 0.955. The molecule has 26 heavy (non-hydrogen) atoms. The number of hydrogen-bond acceptors (Lipinski definition) is 3. The van der Waals surface area contributed by atoms with Crippen molar-refractivity contribution >= 4 is 5.97 Å². The monoisotopic (exact) mass is 372 g/mol. The predicted octanol–water partition coefficient (Wildman–Crippen LogP) is 5.83. The third-order valence-corrected chi connectivity index (χ3v) is 5.23. The Balaban J connectivity index is 3.14. The number of hydrogen-bond donors (Lipinski definition) is 3. The molecular formula is C22H44O4. The standard InChI is InChI=1S/C22H44O4/c1-2-20(23)18-19-21(24)16-14-12-10-8-6-4-3-5-7-9-11-13-15-17-22(25)26/h20-21,23-24H,2-19H2,1H3,(H,25,26).